The van der Waals surface area contributed by atoms with E-state index in [1.54, 1.807) is 24.4 Å². The molecule has 6 heterocycles. The lowest BCUT2D eigenvalue weighted by molar-refractivity contribution is -0.338. The van der Waals surface area contributed by atoms with Crippen LogP contribution >= 0.6 is 11.3 Å². The van der Waals surface area contributed by atoms with Crippen LogP contribution in [0.25, 0.3) is 5.57 Å². The van der Waals surface area contributed by atoms with Crippen LogP contribution in [0.1, 0.15) is 210 Å². The minimum atomic E-state index is -1.67. The van der Waals surface area contributed by atoms with Gasteiger partial charge in [0.1, 0.15) is 114 Å². The molecule has 0 spiro atoms. The lowest BCUT2D eigenvalue weighted by atomic mass is 9.74. The largest absolute Gasteiger partial charge is 0.508 e. The van der Waals surface area contributed by atoms with Crippen LogP contribution in [-0.4, -0.2) is 304 Å². The van der Waals surface area contributed by atoms with Crippen molar-refractivity contribution in [3.63, 3.8) is 0 Å². The molecule has 9 aliphatic rings. The van der Waals surface area contributed by atoms with Crippen molar-refractivity contribution in [2.45, 2.75) is 355 Å². The van der Waals surface area contributed by atoms with Crippen molar-refractivity contribution in [1.29, 1.82) is 0 Å². The molecule has 30 atom stereocenters. The maximum atomic E-state index is 14.1. The molecule has 37 nitrogen and oxygen atoms in total. The Balaban J connectivity index is 0.000000263. The molecule has 4 amide bonds. The first kappa shape index (κ1) is 100. The van der Waals surface area contributed by atoms with Crippen molar-refractivity contribution >= 4 is 64.0 Å². The number of aliphatic hydroxyl groups is 10. The second-order valence-electron chi connectivity index (χ2n) is 34.9. The molecule has 125 heavy (non-hydrogen) atoms. The monoisotopic (exact) mass is 1790 g/mol. The van der Waals surface area contributed by atoms with Gasteiger partial charge in [0.2, 0.25) is 17.7 Å². The maximum Gasteiger partial charge on any atom is 0.332 e. The Labute approximate surface area is 730 Å². The van der Waals surface area contributed by atoms with Gasteiger partial charge in [-0.15, -0.1) is 11.3 Å². The van der Waals surface area contributed by atoms with Gasteiger partial charge in [-0.2, -0.15) is 0 Å². The molecule has 4 saturated heterocycles. The summed E-state index contributed by atoms with van der Waals surface area (Å²) in [5, 5.41) is 151. The molecule has 2 aromatic rings. The van der Waals surface area contributed by atoms with Crippen LogP contribution in [0.15, 0.2) is 42.0 Å². The smallest absolute Gasteiger partial charge is 0.332 e. The van der Waals surface area contributed by atoms with Gasteiger partial charge in [-0.25, -0.2) is 14.6 Å². The second-order valence-corrected chi connectivity index (χ2v) is 35.8. The highest BCUT2D eigenvalue weighted by atomic mass is 32.1. The standard InChI is InChI=1S/C47H68N2O17.C40H63N3O15S/c1-5-27-18-29(32(53)12-9-15-48-37(54)20-28-16-23(2)61-33-21-30(52)13-14-31(28)33)19-34(43(27)66-47-42(58)41(57)39(55)24(3)62-47)64-46-38(49-25(4)51)44(40(56)36(22-50)65-46)63-35(45(59)60)17-26-10-7-6-8-11-26;1-5-23-15-24(25(46)12-9-13-41-36(51)37-42-19(2)18-59-37)16-26(34(23)58-40-33(50)32(49)30(47)20(3)54-40)56-39-29(43-21(4)45)35(31(48)28(17-44)57-39)55-27(38(52)53)14-22-10-7-6-8-11-22/h13-14,16,21,24,26-27,29,34-36,38-44,46-47,50,52,55-58H,2,5-12,15,17-20,22H2,1,3-4H3,(H,48,54)(H,49,51)(H,59,60);18,20,22-24,26-35,39-40,44,47-50H,5-17H2,1-4H3,(H,41,51)(H,43,45)(H,52,53)/t24-,27?,29?,34+,35-,36-,38?,39-,40-,41?,42-,43+,44?,46+,47?;20-,23?,24?,26+,27-,28-,29?,30-,31-,32?,33-,34+,35?,39+,40?/m00/s1. The molecular weight excluding hydrogens is 1660 g/mol. The number of aliphatic carboxylic acids is 2. The summed E-state index contributed by atoms with van der Waals surface area (Å²) in [7, 11) is 0. The van der Waals surface area contributed by atoms with Crippen molar-refractivity contribution in [2.24, 2.45) is 35.5 Å². The number of hydrogen-bond acceptors (Lipinski definition) is 32. The van der Waals surface area contributed by atoms with Gasteiger partial charge in [0.15, 0.2) is 42.4 Å². The lowest BCUT2D eigenvalue weighted by Gasteiger charge is -2.49. The Hall–Kier alpha value is -6.71. The fraction of sp³-hybridized carbons (Fsp3) is 0.759. The topological polar surface area (TPSA) is 562 Å². The number of nitrogens with one attached hydrogen (secondary N) is 4. The third kappa shape index (κ3) is 26.8. The van der Waals surface area contributed by atoms with Gasteiger partial charge in [-0.3, -0.25) is 28.8 Å². The number of rotatable bonds is 37. The molecule has 17 N–H and O–H groups in total. The van der Waals surface area contributed by atoms with Gasteiger partial charge < -0.3 is 140 Å². The number of fused-ring (bicyclic) bond motifs is 1. The normalized spacial score (nSPS) is 35.1. The number of Topliss-reactive ketones (excluding diaryl/α,β-unsaturated/α-hetero) is 2. The summed E-state index contributed by atoms with van der Waals surface area (Å²) in [4.78, 5) is 108. The summed E-state index contributed by atoms with van der Waals surface area (Å²) in [6, 6.07) is 1.98. The molecule has 8 fully saturated rings. The van der Waals surface area contributed by atoms with Crippen LogP contribution in [0.5, 0.6) is 11.5 Å². The average molecular weight is 1790 g/mol. The number of aryl methyl sites for hydroxylation is 1. The number of carboxylic acids is 2. The zero-order valence-electron chi connectivity index (χ0n) is 72.1. The number of carboxylic acid groups (broad SMARTS) is 2. The van der Waals surface area contributed by atoms with Crippen molar-refractivity contribution in [3.05, 3.63) is 58.3 Å². The molecule has 1 aromatic carbocycles. The van der Waals surface area contributed by atoms with Gasteiger partial charge in [0.25, 0.3) is 5.91 Å². The Morgan fingerprint density at radius 1 is 0.568 bits per heavy atom. The van der Waals surface area contributed by atoms with Crippen LogP contribution in [0.3, 0.4) is 0 Å². The van der Waals surface area contributed by atoms with Crippen molar-refractivity contribution < 1.29 is 157 Å². The van der Waals surface area contributed by atoms with E-state index in [1.807, 2.05) is 13.8 Å². The summed E-state index contributed by atoms with van der Waals surface area (Å²) in [6.45, 7) is 13.8. The highest BCUT2D eigenvalue weighted by Crippen LogP contribution is 2.45. The number of ether oxygens (including phenoxy) is 11. The Morgan fingerprint density at radius 3 is 1.42 bits per heavy atom. The third-order valence-electron chi connectivity index (χ3n) is 25.7. The van der Waals surface area contributed by atoms with Crippen LogP contribution < -0.4 is 26.0 Å². The number of nitrogens with zero attached hydrogens (tertiary/aromatic N) is 1. The van der Waals surface area contributed by atoms with Gasteiger partial charge in [0, 0.05) is 74.3 Å². The third-order valence-corrected chi connectivity index (χ3v) is 26.6. The number of benzene rings is 1. The maximum absolute atomic E-state index is 14.1. The number of hydrogen-bond donors (Lipinski definition) is 17. The second kappa shape index (κ2) is 47.2. The first-order valence-electron chi connectivity index (χ1n) is 44.2. The molecular formula is C87H131N5O32S. The van der Waals surface area contributed by atoms with Crippen LogP contribution in [0.2, 0.25) is 0 Å². The van der Waals surface area contributed by atoms with Gasteiger partial charge in [0.05, 0.1) is 56.3 Å². The molecule has 702 valence electrons. The van der Waals surface area contributed by atoms with E-state index in [0.717, 1.165) is 69.9 Å². The van der Waals surface area contributed by atoms with E-state index in [2.05, 4.69) is 32.8 Å². The molecule has 0 radical (unpaired) electrons. The zero-order chi connectivity index (χ0) is 90.8. The number of phenolic OH excluding ortho intramolecular Hbond substituents is 1. The predicted octanol–water partition coefficient (Wildman–Crippen LogP) is 2.92. The Kier molecular flexibility index (Phi) is 37.9. The summed E-state index contributed by atoms with van der Waals surface area (Å²) in [6.07, 6.45) is -18.6. The van der Waals surface area contributed by atoms with Crippen molar-refractivity contribution in [2.75, 3.05) is 26.3 Å². The number of carbonyl (C=O) groups excluding carboxylic acids is 6. The number of phenols is 1. The summed E-state index contributed by atoms with van der Waals surface area (Å²) in [5.74, 6) is -5.66. The van der Waals surface area contributed by atoms with Crippen LogP contribution in [0, 0.1) is 42.4 Å². The minimum absolute atomic E-state index is 0.00372. The highest BCUT2D eigenvalue weighted by Gasteiger charge is 2.56. The number of thiazole rings is 1. The molecule has 4 saturated carbocycles. The van der Waals surface area contributed by atoms with E-state index in [1.165, 1.54) is 51.2 Å². The highest BCUT2D eigenvalue weighted by molar-refractivity contribution is 7.11. The first-order chi connectivity index (χ1) is 59.6. The summed E-state index contributed by atoms with van der Waals surface area (Å²) >= 11 is 1.23. The van der Waals surface area contributed by atoms with Gasteiger partial charge >= 0.3 is 11.9 Å². The Bertz CT molecular complexity index is 3920. The van der Waals surface area contributed by atoms with E-state index in [-0.39, 0.29) is 99.0 Å². The minimum Gasteiger partial charge on any atom is -0.508 e. The molecule has 4 aliphatic carbocycles. The molecule has 12 unspecified atom stereocenters. The SMILES string of the molecule is C=C1C=C(CC(=O)NCCCC(=O)C2CC(CC)[C@@H](OC3O[C@@H](C)[C@H](O)C(O)[C@@H]3O)[C@H](O[C@@H]3O[C@@H](CO)[C@H](O)C(O[C@@H](CC4CCCCC4)C(=O)O)C3NC(C)=O)C2)c2ccc(O)cc2O1.CCC1CC(C(=O)CCCNC(=O)c2nc(C)cs2)C[C@@H](O[C@@H]2O[C@@H](CO)[C@H](O)C(O[C@@H](CC3CCCCC3)C(=O)O)C2NC(C)=O)[C@@H]1OC1O[C@@H](C)[C@H](O)C(O)[C@@H]1O. The number of aliphatic hydroxyl groups excluding tert-OH is 10. The lowest BCUT2D eigenvalue weighted by Crippen LogP contribution is -2.67. The molecule has 1 aromatic heterocycles. The summed E-state index contributed by atoms with van der Waals surface area (Å²) < 4.78 is 68.0. The van der Waals surface area contributed by atoms with Crippen molar-refractivity contribution in [1.82, 2.24) is 26.3 Å². The van der Waals surface area contributed by atoms with Crippen LogP contribution in [-0.2, 0) is 80.9 Å². The van der Waals surface area contributed by atoms with E-state index < -0.39 is 220 Å². The predicted molar refractivity (Wildman–Crippen MR) is 442 cm³/mol. The number of aromatic nitrogens is 1. The number of aromatic hydroxyl groups is 1. The Morgan fingerprint density at radius 2 is 1.02 bits per heavy atom. The number of carbonyl (C=O) groups is 8. The fourth-order valence-electron chi connectivity index (χ4n) is 18.8. The number of amides is 4. The van der Waals surface area contributed by atoms with E-state index in [0.29, 0.717) is 66.2 Å². The van der Waals surface area contributed by atoms with E-state index in [4.69, 9.17) is 52.1 Å². The zero-order valence-corrected chi connectivity index (χ0v) is 72.9. The first-order valence-corrected chi connectivity index (χ1v) is 45.1. The molecule has 11 rings (SSSR count). The van der Waals surface area contributed by atoms with E-state index >= 15 is 0 Å². The number of allylic oxidation sites excluding steroid dienone is 1. The quantitative estimate of drug-likeness (QED) is 0.0432. The van der Waals surface area contributed by atoms with E-state index in [9.17, 15) is 105 Å². The van der Waals surface area contributed by atoms with Crippen molar-refractivity contribution in [3.8, 4) is 11.5 Å². The molecule has 0 bridgehead atoms. The summed E-state index contributed by atoms with van der Waals surface area (Å²) in [5.41, 5.74) is 2.03. The van der Waals surface area contributed by atoms with Gasteiger partial charge in [-0.05, 0) is 120 Å². The number of ketones is 2. The molecule has 38 heteroatoms. The van der Waals surface area contributed by atoms with Gasteiger partial charge in [-0.1, -0.05) is 97.5 Å². The van der Waals surface area contributed by atoms with Crippen LogP contribution in [0.4, 0.5) is 0 Å². The molecule has 5 aliphatic heterocycles. The fourth-order valence-corrected chi connectivity index (χ4v) is 19.5. The average Bonchev–Trinajstić information content (AvgIpc) is 1.15.